The highest BCUT2D eigenvalue weighted by Gasteiger charge is 2.08. The standard InChI is InChI=1S/C16H25NO2/c1-14-7-6-8-15(13-14)9-10-16(19)17(2)11-4-3-5-12-18/h6-8,13,18H,3-5,9-12H2,1-2H3. The van der Waals surface area contributed by atoms with Crippen LogP contribution in [0.1, 0.15) is 36.8 Å². The Morgan fingerprint density at radius 3 is 2.74 bits per heavy atom. The van der Waals surface area contributed by atoms with Gasteiger partial charge in [0.2, 0.25) is 5.91 Å². The predicted octanol–water partition coefficient (Wildman–Crippen LogP) is 2.55. The topological polar surface area (TPSA) is 40.5 Å². The number of carbonyl (C=O) groups is 1. The first-order valence-electron chi connectivity index (χ1n) is 7.04. The van der Waals surface area contributed by atoms with Crippen LogP contribution in [0.25, 0.3) is 0 Å². The predicted molar refractivity (Wildman–Crippen MR) is 78.1 cm³/mol. The van der Waals surface area contributed by atoms with Gasteiger partial charge >= 0.3 is 0 Å². The lowest BCUT2D eigenvalue weighted by Gasteiger charge is -2.17. The summed E-state index contributed by atoms with van der Waals surface area (Å²) < 4.78 is 0. The van der Waals surface area contributed by atoms with Gasteiger partial charge in [0.25, 0.3) is 0 Å². The first-order valence-corrected chi connectivity index (χ1v) is 7.04. The Labute approximate surface area is 116 Å². The van der Waals surface area contributed by atoms with Crippen LogP contribution in [0.5, 0.6) is 0 Å². The van der Waals surface area contributed by atoms with Crippen LogP contribution in [0.4, 0.5) is 0 Å². The van der Waals surface area contributed by atoms with Crippen LogP contribution >= 0.6 is 0 Å². The fourth-order valence-corrected chi connectivity index (χ4v) is 2.07. The molecule has 0 atom stereocenters. The van der Waals surface area contributed by atoms with Crippen molar-refractivity contribution in [2.24, 2.45) is 0 Å². The zero-order valence-corrected chi connectivity index (χ0v) is 12.1. The van der Waals surface area contributed by atoms with Gasteiger partial charge in [-0.25, -0.2) is 0 Å². The molecule has 0 aliphatic carbocycles. The van der Waals surface area contributed by atoms with E-state index in [4.69, 9.17) is 5.11 Å². The highest BCUT2D eigenvalue weighted by atomic mass is 16.2. The van der Waals surface area contributed by atoms with Crippen LogP contribution < -0.4 is 0 Å². The minimum Gasteiger partial charge on any atom is -0.396 e. The molecule has 0 heterocycles. The van der Waals surface area contributed by atoms with Crippen molar-refractivity contribution in [2.75, 3.05) is 20.2 Å². The minimum atomic E-state index is 0.200. The number of hydrogen-bond donors (Lipinski definition) is 1. The fraction of sp³-hybridized carbons (Fsp3) is 0.562. The maximum Gasteiger partial charge on any atom is 0.222 e. The van der Waals surface area contributed by atoms with Crippen LogP contribution in [0, 0.1) is 6.92 Å². The van der Waals surface area contributed by atoms with Gasteiger partial charge in [-0.15, -0.1) is 0 Å². The summed E-state index contributed by atoms with van der Waals surface area (Å²) in [6, 6.07) is 8.31. The van der Waals surface area contributed by atoms with E-state index >= 15 is 0 Å². The Hall–Kier alpha value is -1.35. The van der Waals surface area contributed by atoms with Gasteiger partial charge in [-0.3, -0.25) is 4.79 Å². The van der Waals surface area contributed by atoms with Gasteiger partial charge in [0, 0.05) is 26.6 Å². The molecule has 1 rings (SSSR count). The first-order chi connectivity index (χ1) is 9.13. The summed E-state index contributed by atoms with van der Waals surface area (Å²) in [6.45, 7) is 3.09. The van der Waals surface area contributed by atoms with Crippen molar-refractivity contribution in [1.82, 2.24) is 4.90 Å². The van der Waals surface area contributed by atoms with E-state index in [9.17, 15) is 4.79 Å². The minimum absolute atomic E-state index is 0.200. The lowest BCUT2D eigenvalue weighted by atomic mass is 10.1. The Kier molecular flexibility index (Phi) is 7.19. The summed E-state index contributed by atoms with van der Waals surface area (Å²) in [5.74, 6) is 0.200. The number of hydrogen-bond acceptors (Lipinski definition) is 2. The van der Waals surface area contributed by atoms with E-state index in [0.29, 0.717) is 6.42 Å². The molecule has 1 aromatic rings. The summed E-state index contributed by atoms with van der Waals surface area (Å²) in [5, 5.41) is 8.69. The van der Waals surface area contributed by atoms with E-state index in [1.807, 2.05) is 13.1 Å². The van der Waals surface area contributed by atoms with Crippen molar-refractivity contribution in [3.05, 3.63) is 35.4 Å². The second kappa shape index (κ2) is 8.70. The number of nitrogens with zero attached hydrogens (tertiary/aromatic N) is 1. The zero-order chi connectivity index (χ0) is 14.1. The van der Waals surface area contributed by atoms with Gasteiger partial charge in [0.15, 0.2) is 0 Å². The molecule has 3 heteroatoms. The number of rotatable bonds is 8. The maximum atomic E-state index is 11.9. The van der Waals surface area contributed by atoms with Gasteiger partial charge in [-0.2, -0.15) is 0 Å². The Bertz CT molecular complexity index is 390. The Morgan fingerprint density at radius 2 is 2.05 bits per heavy atom. The third-order valence-electron chi connectivity index (χ3n) is 3.29. The molecule has 3 nitrogen and oxygen atoms in total. The normalized spacial score (nSPS) is 10.5. The number of aliphatic hydroxyl groups excluding tert-OH is 1. The first kappa shape index (κ1) is 15.7. The lowest BCUT2D eigenvalue weighted by Crippen LogP contribution is -2.27. The third-order valence-corrected chi connectivity index (χ3v) is 3.29. The highest BCUT2D eigenvalue weighted by Crippen LogP contribution is 2.08. The second-order valence-corrected chi connectivity index (χ2v) is 5.09. The number of aryl methyl sites for hydroxylation is 2. The Balaban J connectivity index is 2.26. The summed E-state index contributed by atoms with van der Waals surface area (Å²) in [7, 11) is 1.86. The number of carbonyl (C=O) groups excluding carboxylic acids is 1. The third kappa shape index (κ3) is 6.39. The van der Waals surface area contributed by atoms with Crippen molar-refractivity contribution in [3.8, 4) is 0 Å². The average molecular weight is 263 g/mol. The van der Waals surface area contributed by atoms with E-state index < -0.39 is 0 Å². The van der Waals surface area contributed by atoms with Crippen LogP contribution in [-0.2, 0) is 11.2 Å². The zero-order valence-electron chi connectivity index (χ0n) is 12.1. The van der Waals surface area contributed by atoms with Crippen molar-refractivity contribution in [3.63, 3.8) is 0 Å². The molecule has 0 aliphatic heterocycles. The molecular weight excluding hydrogens is 238 g/mol. The van der Waals surface area contributed by atoms with E-state index in [0.717, 1.165) is 32.2 Å². The van der Waals surface area contributed by atoms with Gasteiger partial charge in [-0.1, -0.05) is 29.8 Å². The SMILES string of the molecule is Cc1cccc(CCC(=O)N(C)CCCCCO)c1. The molecular formula is C16H25NO2. The van der Waals surface area contributed by atoms with Crippen molar-refractivity contribution in [2.45, 2.75) is 39.0 Å². The van der Waals surface area contributed by atoms with Crippen LogP contribution in [0.15, 0.2) is 24.3 Å². The Morgan fingerprint density at radius 1 is 1.26 bits per heavy atom. The number of unbranched alkanes of at least 4 members (excludes halogenated alkanes) is 2. The summed E-state index contributed by atoms with van der Waals surface area (Å²) >= 11 is 0. The number of aliphatic hydroxyl groups is 1. The average Bonchev–Trinajstić information content (AvgIpc) is 2.41. The van der Waals surface area contributed by atoms with Gasteiger partial charge < -0.3 is 10.0 Å². The summed E-state index contributed by atoms with van der Waals surface area (Å²) in [4.78, 5) is 13.7. The van der Waals surface area contributed by atoms with Crippen LogP contribution in [-0.4, -0.2) is 36.1 Å². The van der Waals surface area contributed by atoms with Gasteiger partial charge in [0.1, 0.15) is 0 Å². The molecule has 0 fully saturated rings. The highest BCUT2D eigenvalue weighted by molar-refractivity contribution is 5.76. The van der Waals surface area contributed by atoms with Gasteiger partial charge in [0.05, 0.1) is 0 Å². The van der Waals surface area contributed by atoms with Gasteiger partial charge in [-0.05, 0) is 38.2 Å². The molecule has 0 radical (unpaired) electrons. The number of benzene rings is 1. The molecule has 1 aromatic carbocycles. The largest absolute Gasteiger partial charge is 0.396 e. The molecule has 0 aliphatic rings. The molecule has 106 valence electrons. The molecule has 19 heavy (non-hydrogen) atoms. The number of amides is 1. The molecule has 0 saturated carbocycles. The molecule has 0 saturated heterocycles. The molecule has 0 aromatic heterocycles. The molecule has 0 bridgehead atoms. The van der Waals surface area contributed by atoms with E-state index in [2.05, 4.69) is 25.1 Å². The molecule has 0 unspecified atom stereocenters. The van der Waals surface area contributed by atoms with Crippen LogP contribution in [0.2, 0.25) is 0 Å². The van der Waals surface area contributed by atoms with E-state index in [1.54, 1.807) is 4.90 Å². The quantitative estimate of drug-likeness (QED) is 0.732. The maximum absolute atomic E-state index is 11.9. The van der Waals surface area contributed by atoms with Crippen molar-refractivity contribution >= 4 is 5.91 Å². The summed E-state index contributed by atoms with van der Waals surface area (Å²) in [5.41, 5.74) is 2.46. The second-order valence-electron chi connectivity index (χ2n) is 5.09. The van der Waals surface area contributed by atoms with Crippen molar-refractivity contribution < 1.29 is 9.90 Å². The van der Waals surface area contributed by atoms with Crippen LogP contribution in [0.3, 0.4) is 0 Å². The smallest absolute Gasteiger partial charge is 0.222 e. The molecule has 0 spiro atoms. The summed E-state index contributed by atoms with van der Waals surface area (Å²) in [6.07, 6.45) is 4.14. The molecule has 1 N–H and O–H groups in total. The molecule has 1 amide bonds. The van der Waals surface area contributed by atoms with E-state index in [-0.39, 0.29) is 12.5 Å². The van der Waals surface area contributed by atoms with Crippen molar-refractivity contribution in [1.29, 1.82) is 0 Å². The van der Waals surface area contributed by atoms with E-state index in [1.165, 1.54) is 11.1 Å². The fourth-order valence-electron chi connectivity index (χ4n) is 2.07. The lowest BCUT2D eigenvalue weighted by molar-refractivity contribution is -0.129. The monoisotopic (exact) mass is 263 g/mol.